The SMILES string of the molecule is Cc1cccc(NC(=O)COC(=O)c2cccnc2SC2CC(=O)N(C)C2=O)c1C. The molecule has 1 aromatic carbocycles. The number of benzene rings is 1. The van der Waals surface area contributed by atoms with E-state index in [1.165, 1.54) is 19.3 Å². The Morgan fingerprint density at radius 3 is 2.70 bits per heavy atom. The Bertz CT molecular complexity index is 1020. The monoisotopic (exact) mass is 427 g/mol. The summed E-state index contributed by atoms with van der Waals surface area (Å²) in [7, 11) is 1.42. The molecule has 156 valence electrons. The maximum absolute atomic E-state index is 12.5. The fourth-order valence-electron chi connectivity index (χ4n) is 2.87. The van der Waals surface area contributed by atoms with Gasteiger partial charge in [-0.15, -0.1) is 0 Å². The van der Waals surface area contributed by atoms with E-state index >= 15 is 0 Å². The predicted molar refractivity (Wildman–Crippen MR) is 111 cm³/mol. The van der Waals surface area contributed by atoms with Gasteiger partial charge < -0.3 is 10.1 Å². The minimum Gasteiger partial charge on any atom is -0.452 e. The van der Waals surface area contributed by atoms with Crippen LogP contribution >= 0.6 is 11.8 Å². The Morgan fingerprint density at radius 1 is 1.23 bits per heavy atom. The van der Waals surface area contributed by atoms with Gasteiger partial charge in [-0.1, -0.05) is 23.9 Å². The average Bonchev–Trinajstić information content (AvgIpc) is 2.96. The number of aryl methyl sites for hydroxylation is 1. The lowest BCUT2D eigenvalue weighted by Crippen LogP contribution is -2.26. The number of nitrogens with one attached hydrogen (secondary N) is 1. The van der Waals surface area contributed by atoms with Gasteiger partial charge in [-0.2, -0.15) is 0 Å². The summed E-state index contributed by atoms with van der Waals surface area (Å²) >= 11 is 1.04. The molecule has 3 amide bonds. The zero-order valence-electron chi connectivity index (χ0n) is 16.8. The highest BCUT2D eigenvalue weighted by Gasteiger charge is 2.37. The van der Waals surface area contributed by atoms with Crippen LogP contribution in [-0.4, -0.2) is 52.5 Å². The molecular formula is C21H21N3O5S. The number of anilines is 1. The van der Waals surface area contributed by atoms with Gasteiger partial charge in [0.05, 0.1) is 10.8 Å². The number of imide groups is 1. The molecule has 0 spiro atoms. The number of likely N-dealkylation sites (tertiary alicyclic amines) is 1. The van der Waals surface area contributed by atoms with Crippen molar-refractivity contribution in [3.8, 4) is 0 Å². The standard InChI is InChI=1S/C21H21N3O5S/c1-12-6-4-8-15(13(12)2)23-17(25)11-29-21(28)14-7-5-9-22-19(14)30-16-10-18(26)24(3)20(16)27/h4-9,16H,10-11H2,1-3H3,(H,23,25). The van der Waals surface area contributed by atoms with Gasteiger partial charge in [-0.05, 0) is 43.2 Å². The molecule has 9 heteroatoms. The van der Waals surface area contributed by atoms with Crippen molar-refractivity contribution in [2.45, 2.75) is 30.5 Å². The van der Waals surface area contributed by atoms with Gasteiger partial charge in [-0.3, -0.25) is 19.3 Å². The lowest BCUT2D eigenvalue weighted by molar-refractivity contribution is -0.136. The van der Waals surface area contributed by atoms with Gasteiger partial charge in [-0.25, -0.2) is 9.78 Å². The van der Waals surface area contributed by atoms with Crippen LogP contribution in [0.15, 0.2) is 41.6 Å². The minimum absolute atomic E-state index is 0.0450. The Labute approximate surface area is 178 Å². The molecule has 1 saturated heterocycles. The van der Waals surface area contributed by atoms with Gasteiger partial charge in [0.1, 0.15) is 5.03 Å². The first-order chi connectivity index (χ1) is 14.3. The first-order valence-electron chi connectivity index (χ1n) is 9.23. The number of aromatic nitrogens is 1. The van der Waals surface area contributed by atoms with Gasteiger partial charge in [0.25, 0.3) is 5.91 Å². The summed E-state index contributed by atoms with van der Waals surface area (Å²) in [5, 5.41) is 2.36. The maximum Gasteiger partial charge on any atom is 0.341 e. The highest BCUT2D eigenvalue weighted by Crippen LogP contribution is 2.31. The Balaban J connectivity index is 1.63. The molecule has 1 aliphatic heterocycles. The number of hydrogen-bond donors (Lipinski definition) is 1. The Hall–Kier alpha value is -3.20. The van der Waals surface area contributed by atoms with E-state index in [2.05, 4.69) is 10.3 Å². The van der Waals surface area contributed by atoms with Gasteiger partial charge in [0.2, 0.25) is 11.8 Å². The average molecular weight is 427 g/mol. The molecule has 0 radical (unpaired) electrons. The van der Waals surface area contributed by atoms with Crippen molar-refractivity contribution < 1.29 is 23.9 Å². The van der Waals surface area contributed by atoms with Crippen molar-refractivity contribution in [1.29, 1.82) is 0 Å². The highest BCUT2D eigenvalue weighted by atomic mass is 32.2. The molecule has 8 nitrogen and oxygen atoms in total. The number of ether oxygens (including phenoxy) is 1. The number of pyridine rings is 1. The number of thioether (sulfide) groups is 1. The van der Waals surface area contributed by atoms with E-state index in [0.717, 1.165) is 27.8 Å². The minimum atomic E-state index is -0.730. The first-order valence-corrected chi connectivity index (χ1v) is 10.1. The van der Waals surface area contributed by atoms with Crippen molar-refractivity contribution in [2.75, 3.05) is 19.0 Å². The molecule has 1 aromatic heterocycles. The second-order valence-corrected chi connectivity index (χ2v) is 8.02. The number of rotatable bonds is 6. The van der Waals surface area contributed by atoms with Crippen LogP contribution in [-0.2, 0) is 19.1 Å². The third kappa shape index (κ3) is 4.68. The first kappa shape index (κ1) is 21.5. The van der Waals surface area contributed by atoms with Crippen LogP contribution < -0.4 is 5.32 Å². The largest absolute Gasteiger partial charge is 0.452 e. The van der Waals surface area contributed by atoms with E-state index in [1.54, 1.807) is 12.1 Å². The zero-order chi connectivity index (χ0) is 21.8. The van der Waals surface area contributed by atoms with Crippen LogP contribution in [0, 0.1) is 13.8 Å². The summed E-state index contributed by atoms with van der Waals surface area (Å²) in [5.74, 6) is -1.80. The Kier molecular flexibility index (Phi) is 6.51. The van der Waals surface area contributed by atoms with Crippen molar-refractivity contribution in [2.24, 2.45) is 0 Å². The van der Waals surface area contributed by atoms with E-state index in [4.69, 9.17) is 4.74 Å². The number of carbonyl (C=O) groups excluding carboxylic acids is 4. The number of amides is 3. The molecule has 0 bridgehead atoms. The normalized spacial score (nSPS) is 16.0. The smallest absolute Gasteiger partial charge is 0.341 e. The summed E-state index contributed by atoms with van der Waals surface area (Å²) in [6.45, 7) is 3.37. The summed E-state index contributed by atoms with van der Waals surface area (Å²) in [4.78, 5) is 53.8. The van der Waals surface area contributed by atoms with Gasteiger partial charge in [0, 0.05) is 25.4 Å². The van der Waals surface area contributed by atoms with Crippen molar-refractivity contribution in [1.82, 2.24) is 9.88 Å². The highest BCUT2D eigenvalue weighted by molar-refractivity contribution is 8.00. The number of nitrogens with zero attached hydrogens (tertiary/aromatic N) is 2. The molecular weight excluding hydrogens is 406 g/mol. The predicted octanol–water partition coefficient (Wildman–Crippen LogP) is 2.34. The zero-order valence-corrected chi connectivity index (χ0v) is 17.6. The van der Waals surface area contributed by atoms with Crippen molar-refractivity contribution >= 4 is 41.1 Å². The molecule has 0 aliphatic carbocycles. The van der Waals surface area contributed by atoms with Crippen LogP contribution in [0.25, 0.3) is 0 Å². The quantitative estimate of drug-likeness (QED) is 0.557. The van der Waals surface area contributed by atoms with E-state index in [9.17, 15) is 19.2 Å². The van der Waals surface area contributed by atoms with E-state index in [1.807, 2.05) is 26.0 Å². The van der Waals surface area contributed by atoms with E-state index < -0.39 is 23.7 Å². The molecule has 3 rings (SSSR count). The fourth-order valence-corrected chi connectivity index (χ4v) is 4.02. The number of carbonyl (C=O) groups is 4. The van der Waals surface area contributed by atoms with Crippen LogP contribution in [0.5, 0.6) is 0 Å². The van der Waals surface area contributed by atoms with Gasteiger partial charge >= 0.3 is 5.97 Å². The fraction of sp³-hybridized carbons (Fsp3) is 0.286. The van der Waals surface area contributed by atoms with Crippen LogP contribution in [0.1, 0.15) is 27.9 Å². The summed E-state index contributed by atoms with van der Waals surface area (Å²) < 4.78 is 5.14. The summed E-state index contributed by atoms with van der Waals surface area (Å²) in [5.41, 5.74) is 2.76. The van der Waals surface area contributed by atoms with Crippen molar-refractivity contribution in [3.63, 3.8) is 0 Å². The molecule has 2 heterocycles. The number of esters is 1. The lowest BCUT2D eigenvalue weighted by Gasteiger charge is -2.12. The molecule has 1 fully saturated rings. The molecule has 0 saturated carbocycles. The molecule has 2 aromatic rings. The van der Waals surface area contributed by atoms with E-state index in [-0.39, 0.29) is 28.8 Å². The van der Waals surface area contributed by atoms with Gasteiger partial charge in [0.15, 0.2) is 6.61 Å². The second kappa shape index (κ2) is 9.08. The van der Waals surface area contributed by atoms with Crippen LogP contribution in [0.2, 0.25) is 0 Å². The Morgan fingerprint density at radius 2 is 2.00 bits per heavy atom. The molecule has 1 N–H and O–H groups in total. The molecule has 1 unspecified atom stereocenters. The lowest BCUT2D eigenvalue weighted by atomic mass is 10.1. The summed E-state index contributed by atoms with van der Waals surface area (Å²) in [6.07, 6.45) is 1.53. The van der Waals surface area contributed by atoms with Crippen LogP contribution in [0.4, 0.5) is 5.69 Å². The van der Waals surface area contributed by atoms with Crippen LogP contribution in [0.3, 0.4) is 0 Å². The number of hydrogen-bond acceptors (Lipinski definition) is 7. The summed E-state index contributed by atoms with van der Waals surface area (Å²) in [6, 6.07) is 8.60. The molecule has 1 atom stereocenters. The second-order valence-electron chi connectivity index (χ2n) is 6.83. The topological polar surface area (TPSA) is 106 Å². The molecule has 1 aliphatic rings. The third-order valence-corrected chi connectivity index (χ3v) is 6.00. The third-order valence-electron chi connectivity index (χ3n) is 4.80. The van der Waals surface area contributed by atoms with E-state index in [0.29, 0.717) is 5.69 Å². The molecule has 30 heavy (non-hydrogen) atoms. The maximum atomic E-state index is 12.5. The van der Waals surface area contributed by atoms with Crippen molar-refractivity contribution in [3.05, 3.63) is 53.2 Å².